The molecule has 38 heavy (non-hydrogen) atoms. The first-order valence-electron chi connectivity index (χ1n) is 11.3. The molecule has 4 N–H and O–H groups in total. The molecule has 4 rings (SSSR count). The third-order valence-electron chi connectivity index (χ3n) is 4.42. The summed E-state index contributed by atoms with van der Waals surface area (Å²) >= 11 is 0. The molecule has 0 bridgehead atoms. The lowest BCUT2D eigenvalue weighted by molar-refractivity contribution is -0.115. The molecular weight excluding hydrogens is 505 g/mol. The van der Waals surface area contributed by atoms with E-state index in [2.05, 4.69) is 30.7 Å². The van der Waals surface area contributed by atoms with Crippen LogP contribution < -0.4 is 16.4 Å². The molecule has 0 fully saturated rings. The van der Waals surface area contributed by atoms with E-state index in [1.165, 1.54) is 29.4 Å². The number of hydrogen-bond acceptors (Lipinski definition) is 8. The Labute approximate surface area is 216 Å². The predicted molar refractivity (Wildman–Crippen MR) is 135 cm³/mol. The molecule has 11 nitrogen and oxygen atoms in total. The lowest BCUT2D eigenvalue weighted by Crippen LogP contribution is -2.21. The van der Waals surface area contributed by atoms with E-state index < -0.39 is 18.6 Å². The number of nitrogens with one attached hydrogen (secondary N) is 2. The molecule has 0 saturated heterocycles. The second-order valence-electron chi connectivity index (χ2n) is 7.31. The number of carbonyl (C=O) groups is 2. The highest BCUT2D eigenvalue weighted by Crippen LogP contribution is 2.22. The zero-order valence-corrected chi connectivity index (χ0v) is 21.1. The highest BCUT2D eigenvalue weighted by atomic mass is 19.4. The van der Waals surface area contributed by atoms with E-state index in [0.717, 1.165) is 5.69 Å². The van der Waals surface area contributed by atoms with Crippen LogP contribution in [0.1, 0.15) is 35.7 Å². The van der Waals surface area contributed by atoms with Gasteiger partial charge in [0.05, 0.1) is 29.5 Å². The summed E-state index contributed by atoms with van der Waals surface area (Å²) in [6, 6.07) is 6.68. The number of amides is 2. The fraction of sp³-hybridized carbons (Fsp3) is 0.250. The second kappa shape index (κ2) is 13.5. The number of primary amides is 1. The van der Waals surface area contributed by atoms with Crippen molar-refractivity contribution in [3.8, 4) is 17.1 Å². The molecule has 4 aromatic rings. The largest absolute Gasteiger partial charge is 0.444 e. The number of hydrogen-bond donors (Lipinski definition) is 3. The smallest absolute Gasteiger partial charge is 0.405 e. The Hall–Kier alpha value is -4.75. The van der Waals surface area contributed by atoms with Crippen LogP contribution in [0, 0.1) is 13.8 Å². The minimum Gasteiger partial charge on any atom is -0.444 e. The number of nitrogens with two attached hydrogens (primary N) is 1. The average molecular weight is 533 g/mol. The van der Waals surface area contributed by atoms with E-state index >= 15 is 0 Å². The Kier molecular flexibility index (Phi) is 10.5. The number of alkyl halides is 3. The molecule has 0 saturated carbocycles. The molecule has 0 aliphatic rings. The van der Waals surface area contributed by atoms with Crippen molar-refractivity contribution in [2.24, 2.45) is 5.73 Å². The van der Waals surface area contributed by atoms with E-state index in [1.807, 2.05) is 26.8 Å². The fourth-order valence-corrected chi connectivity index (χ4v) is 2.79. The maximum atomic E-state index is 12.0. The van der Waals surface area contributed by atoms with Crippen LogP contribution in [0.25, 0.3) is 17.1 Å². The van der Waals surface area contributed by atoms with E-state index in [1.54, 1.807) is 25.3 Å². The highest BCUT2D eigenvalue weighted by Gasteiger charge is 2.26. The summed E-state index contributed by atoms with van der Waals surface area (Å²) in [7, 11) is 0. The summed E-state index contributed by atoms with van der Waals surface area (Å²) in [6.45, 7) is 6.49. The van der Waals surface area contributed by atoms with Crippen molar-refractivity contribution in [3.63, 3.8) is 0 Å². The van der Waals surface area contributed by atoms with Gasteiger partial charge in [0.15, 0.2) is 5.69 Å². The third-order valence-corrected chi connectivity index (χ3v) is 4.42. The minimum atomic E-state index is -4.28. The van der Waals surface area contributed by atoms with Gasteiger partial charge in [-0.1, -0.05) is 13.8 Å². The van der Waals surface area contributed by atoms with Crippen LogP contribution in [0.4, 0.5) is 24.7 Å². The van der Waals surface area contributed by atoms with Crippen molar-refractivity contribution in [1.29, 1.82) is 0 Å². The molecule has 0 spiro atoms. The van der Waals surface area contributed by atoms with Crippen LogP contribution in [-0.2, 0) is 4.79 Å². The lowest BCUT2D eigenvalue weighted by Gasteiger charge is -2.08. The standard InChI is InChI=1S/C11H10F3N3O.C11H11N5O2.C2H6/c1-7-5-18-10(17-7)8-2-3-15-9(4-8)16-6-11(12,13)14;1-7-2-3-8(4-13-7)16-5-9(14-6-17)10(15-16)11(12)18;1-2/h2-5H,6H2,1H3,(H,15,16);2-6H,1H3,(H2,12,18)(H,14,17);1-2H3. The number of anilines is 2. The van der Waals surface area contributed by atoms with Gasteiger partial charge in [-0.05, 0) is 38.1 Å². The van der Waals surface area contributed by atoms with Crippen molar-refractivity contribution >= 4 is 23.8 Å². The summed E-state index contributed by atoms with van der Waals surface area (Å²) in [4.78, 5) is 33.6. The van der Waals surface area contributed by atoms with Crippen LogP contribution in [-0.4, -0.2) is 49.8 Å². The Morgan fingerprint density at radius 1 is 1.16 bits per heavy atom. The molecule has 0 radical (unpaired) electrons. The number of halogens is 3. The van der Waals surface area contributed by atoms with Crippen molar-refractivity contribution in [3.05, 3.63) is 66.2 Å². The molecule has 202 valence electrons. The van der Waals surface area contributed by atoms with Crippen molar-refractivity contribution in [1.82, 2.24) is 24.7 Å². The number of carbonyl (C=O) groups excluding carboxylic acids is 2. The van der Waals surface area contributed by atoms with E-state index in [-0.39, 0.29) is 17.2 Å². The zero-order chi connectivity index (χ0) is 28.3. The van der Waals surface area contributed by atoms with Gasteiger partial charge < -0.3 is 20.8 Å². The Bertz CT molecular complexity index is 1330. The molecule has 4 aromatic heterocycles. The number of aryl methyl sites for hydroxylation is 2. The maximum absolute atomic E-state index is 12.0. The van der Waals surface area contributed by atoms with Gasteiger partial charge in [-0.3, -0.25) is 14.6 Å². The normalized spacial score (nSPS) is 10.4. The zero-order valence-electron chi connectivity index (χ0n) is 21.1. The first-order valence-corrected chi connectivity index (χ1v) is 11.3. The Balaban J connectivity index is 0.000000251. The number of aromatic nitrogens is 5. The third kappa shape index (κ3) is 8.72. The van der Waals surface area contributed by atoms with Gasteiger partial charge in [0.1, 0.15) is 18.6 Å². The molecule has 4 heterocycles. The Morgan fingerprint density at radius 3 is 2.45 bits per heavy atom. The van der Waals surface area contributed by atoms with Gasteiger partial charge in [0.25, 0.3) is 5.91 Å². The van der Waals surface area contributed by atoms with Gasteiger partial charge in [-0.15, -0.1) is 0 Å². The predicted octanol–water partition coefficient (Wildman–Crippen LogP) is 4.29. The molecule has 0 aliphatic heterocycles. The lowest BCUT2D eigenvalue weighted by atomic mass is 10.2. The van der Waals surface area contributed by atoms with Gasteiger partial charge in [-0.2, -0.15) is 18.3 Å². The molecular formula is C24H27F3N8O3. The van der Waals surface area contributed by atoms with Crippen LogP contribution in [0.3, 0.4) is 0 Å². The molecule has 0 atom stereocenters. The molecule has 14 heteroatoms. The van der Waals surface area contributed by atoms with Gasteiger partial charge in [0, 0.05) is 17.5 Å². The van der Waals surface area contributed by atoms with Crippen LogP contribution in [0.2, 0.25) is 0 Å². The number of rotatable bonds is 7. The first kappa shape index (κ1) is 29.5. The monoisotopic (exact) mass is 532 g/mol. The topological polar surface area (TPSA) is 154 Å². The maximum Gasteiger partial charge on any atom is 0.405 e. The van der Waals surface area contributed by atoms with E-state index in [4.69, 9.17) is 10.2 Å². The van der Waals surface area contributed by atoms with Crippen LogP contribution >= 0.6 is 0 Å². The quantitative estimate of drug-likeness (QED) is 0.298. The summed E-state index contributed by atoms with van der Waals surface area (Å²) in [5.74, 6) is -0.233. The summed E-state index contributed by atoms with van der Waals surface area (Å²) < 4.78 is 42.7. The van der Waals surface area contributed by atoms with Crippen molar-refractivity contribution < 1.29 is 27.2 Å². The molecule has 2 amide bonds. The fourth-order valence-electron chi connectivity index (χ4n) is 2.79. The SMILES string of the molecule is CC.Cc1ccc(-n2cc(NC=O)c(C(N)=O)n2)cn1.Cc1coc(-c2ccnc(NCC(F)(F)F)c2)n1. The number of oxazole rings is 1. The first-order chi connectivity index (χ1) is 18.1. The van der Waals surface area contributed by atoms with E-state index in [9.17, 15) is 22.8 Å². The average Bonchev–Trinajstić information content (AvgIpc) is 3.52. The van der Waals surface area contributed by atoms with E-state index in [0.29, 0.717) is 29.2 Å². The minimum absolute atomic E-state index is 0.00248. The van der Waals surface area contributed by atoms with Gasteiger partial charge in [0.2, 0.25) is 12.3 Å². The van der Waals surface area contributed by atoms with Crippen LogP contribution in [0.5, 0.6) is 0 Å². The number of nitrogens with zero attached hydrogens (tertiary/aromatic N) is 5. The van der Waals surface area contributed by atoms with Crippen LogP contribution in [0.15, 0.2) is 53.5 Å². The van der Waals surface area contributed by atoms with Crippen molar-refractivity contribution in [2.75, 3.05) is 17.2 Å². The van der Waals surface area contributed by atoms with Gasteiger partial charge in [-0.25, -0.2) is 14.6 Å². The highest BCUT2D eigenvalue weighted by molar-refractivity contribution is 5.98. The summed E-state index contributed by atoms with van der Waals surface area (Å²) in [5, 5.41) is 8.58. The molecule has 0 aromatic carbocycles. The van der Waals surface area contributed by atoms with Gasteiger partial charge >= 0.3 is 6.18 Å². The summed E-state index contributed by atoms with van der Waals surface area (Å²) in [5.41, 5.74) is 8.25. The summed E-state index contributed by atoms with van der Waals surface area (Å²) in [6.07, 6.45) is 2.16. The molecule has 0 aliphatic carbocycles. The Morgan fingerprint density at radius 2 is 1.89 bits per heavy atom. The molecule has 0 unspecified atom stereocenters. The van der Waals surface area contributed by atoms with Crippen molar-refractivity contribution in [2.45, 2.75) is 33.9 Å². The second-order valence-corrected chi connectivity index (χ2v) is 7.31. The number of pyridine rings is 2.